The summed E-state index contributed by atoms with van der Waals surface area (Å²) in [6.45, 7) is 0. The summed E-state index contributed by atoms with van der Waals surface area (Å²) in [5.41, 5.74) is 5.96. The normalized spacial score (nSPS) is 11.1. The van der Waals surface area contributed by atoms with E-state index in [1.54, 1.807) is 0 Å². The highest BCUT2D eigenvalue weighted by Crippen LogP contribution is 2.09. The Labute approximate surface area is 111 Å². The molecule has 0 saturated carbocycles. The molecule has 0 saturated heterocycles. The van der Waals surface area contributed by atoms with E-state index in [1.807, 2.05) is 30.3 Å². The summed E-state index contributed by atoms with van der Waals surface area (Å²) in [6.07, 6.45) is 1.32. The Morgan fingerprint density at radius 3 is 2.42 bits per heavy atom. The average molecular weight is 282 g/mol. The average Bonchev–Trinajstić information content (AvgIpc) is 2.34. The van der Waals surface area contributed by atoms with Crippen LogP contribution < -0.4 is 21.7 Å². The maximum Gasteiger partial charge on any atom is 0.275 e. The van der Waals surface area contributed by atoms with Gasteiger partial charge in [-0.2, -0.15) is 0 Å². The maximum absolute atomic E-state index is 11.2. The number of nitrogens with two attached hydrogens (primary N) is 2. The molecule has 19 heavy (non-hydrogen) atoms. The zero-order chi connectivity index (χ0) is 14.3. The molecule has 0 radical (unpaired) electrons. The van der Waals surface area contributed by atoms with Crippen LogP contribution in [-0.2, 0) is 11.3 Å². The van der Waals surface area contributed by atoms with Crippen LogP contribution >= 0.6 is 0 Å². The quantitative estimate of drug-likeness (QED) is 0.562. The number of nitrogens with zero attached hydrogens (tertiary/aromatic N) is 1. The second kappa shape index (κ2) is 7.26. The molecule has 102 valence electrons. The lowest BCUT2D eigenvalue weighted by atomic mass is 10.3. The Balaban J connectivity index is 0.000000399. The summed E-state index contributed by atoms with van der Waals surface area (Å²) in [5.74, 6) is 0.375. The van der Waals surface area contributed by atoms with Crippen LogP contribution in [0.1, 0.15) is 0 Å². The molecule has 0 spiro atoms. The van der Waals surface area contributed by atoms with Crippen molar-refractivity contribution >= 4 is 28.6 Å². The summed E-state index contributed by atoms with van der Waals surface area (Å²) >= 11 is -2.36. The lowest BCUT2D eigenvalue weighted by molar-refractivity contribution is 0.539. The third kappa shape index (κ3) is 5.77. The largest absolute Gasteiger partial charge is 0.760 e. The van der Waals surface area contributed by atoms with E-state index < -0.39 is 11.3 Å². The van der Waals surface area contributed by atoms with Crippen molar-refractivity contribution in [3.63, 3.8) is 0 Å². The molecule has 0 fully saturated rings. The standard InChI is InChI=1S/C10H10N4O.H3NO2S/c11-8-6-12-10(14-9(8)15)13-7-4-2-1-3-5-7;1-4(2)3/h1-6H,11H2,(H2,12,13,14,15);1H2,(H,2,3)/p-1. The molecule has 1 aromatic heterocycles. The highest BCUT2D eigenvalue weighted by atomic mass is 32.2. The molecule has 2 rings (SSSR count). The van der Waals surface area contributed by atoms with Crippen molar-refractivity contribution in [1.29, 1.82) is 0 Å². The van der Waals surface area contributed by atoms with Gasteiger partial charge in [-0.25, -0.2) is 4.98 Å². The second-order valence-electron chi connectivity index (χ2n) is 3.27. The summed E-state index contributed by atoms with van der Waals surface area (Å²) in [7, 11) is 0. The first kappa shape index (κ1) is 14.8. The van der Waals surface area contributed by atoms with Gasteiger partial charge in [-0.05, 0) is 12.1 Å². The first-order valence-electron chi connectivity index (χ1n) is 4.99. The Bertz CT molecular complexity index is 598. The molecule has 1 heterocycles. The van der Waals surface area contributed by atoms with Crippen LogP contribution in [-0.4, -0.2) is 18.7 Å². The molecule has 1 atom stereocenters. The van der Waals surface area contributed by atoms with Crippen molar-refractivity contribution in [3.05, 3.63) is 46.9 Å². The maximum atomic E-state index is 11.2. The lowest BCUT2D eigenvalue weighted by Crippen LogP contribution is -2.14. The molecular formula is C10H12N5O3S-. The van der Waals surface area contributed by atoms with Gasteiger partial charge in [0.1, 0.15) is 5.69 Å². The molecule has 0 aliphatic rings. The van der Waals surface area contributed by atoms with Crippen LogP contribution in [0.25, 0.3) is 0 Å². The third-order valence-corrected chi connectivity index (χ3v) is 1.86. The van der Waals surface area contributed by atoms with Gasteiger partial charge in [0.15, 0.2) is 0 Å². The molecular weight excluding hydrogens is 270 g/mol. The minimum Gasteiger partial charge on any atom is -0.760 e. The molecule has 6 N–H and O–H groups in total. The van der Waals surface area contributed by atoms with E-state index in [4.69, 9.17) is 14.5 Å². The number of H-pyrrole nitrogens is 1. The predicted octanol–water partition coefficient (Wildman–Crippen LogP) is -0.165. The molecule has 0 aliphatic carbocycles. The second-order valence-corrected chi connectivity index (χ2v) is 3.79. The molecule has 0 amide bonds. The highest BCUT2D eigenvalue weighted by Gasteiger charge is 1.98. The van der Waals surface area contributed by atoms with Gasteiger partial charge >= 0.3 is 0 Å². The van der Waals surface area contributed by atoms with Gasteiger partial charge in [0.2, 0.25) is 5.95 Å². The zero-order valence-corrected chi connectivity index (χ0v) is 10.5. The number of aromatic amines is 1. The van der Waals surface area contributed by atoms with Gasteiger partial charge in [0.05, 0.1) is 6.20 Å². The van der Waals surface area contributed by atoms with Crippen molar-refractivity contribution in [1.82, 2.24) is 9.97 Å². The molecule has 2 aromatic rings. The Kier molecular flexibility index (Phi) is 5.67. The van der Waals surface area contributed by atoms with Crippen molar-refractivity contribution < 1.29 is 8.76 Å². The number of hydrogen-bond donors (Lipinski definition) is 4. The number of nitrogens with one attached hydrogen (secondary N) is 2. The number of benzene rings is 1. The first-order valence-corrected chi connectivity index (χ1v) is 6.13. The van der Waals surface area contributed by atoms with Crippen molar-refractivity contribution in [2.45, 2.75) is 0 Å². The number of para-hydroxylation sites is 1. The van der Waals surface area contributed by atoms with E-state index in [2.05, 4.69) is 20.4 Å². The van der Waals surface area contributed by atoms with E-state index in [9.17, 15) is 4.79 Å². The van der Waals surface area contributed by atoms with Crippen LogP contribution in [0.3, 0.4) is 0 Å². The van der Waals surface area contributed by atoms with Crippen molar-refractivity contribution in [2.75, 3.05) is 11.1 Å². The number of nitrogen functional groups attached to an aromatic ring is 1. The molecule has 0 aliphatic heterocycles. The van der Waals surface area contributed by atoms with Gasteiger partial charge in [0, 0.05) is 17.0 Å². The SMILES string of the molecule is NS(=O)[O-].Nc1cnc(Nc2ccccc2)[nH]c1=O. The van der Waals surface area contributed by atoms with Crippen molar-refractivity contribution in [2.24, 2.45) is 5.14 Å². The fraction of sp³-hybridized carbons (Fsp3) is 0. The molecule has 9 heteroatoms. The van der Waals surface area contributed by atoms with Crippen LogP contribution in [0.5, 0.6) is 0 Å². The molecule has 1 aromatic carbocycles. The van der Waals surface area contributed by atoms with Crippen LogP contribution in [0.2, 0.25) is 0 Å². The zero-order valence-electron chi connectivity index (χ0n) is 9.70. The van der Waals surface area contributed by atoms with Crippen molar-refractivity contribution in [3.8, 4) is 0 Å². The summed E-state index contributed by atoms with van der Waals surface area (Å²) in [5, 5.41) is 6.98. The first-order chi connectivity index (χ1) is 8.99. The van der Waals surface area contributed by atoms with Crippen LogP contribution in [0, 0.1) is 0 Å². The Morgan fingerprint density at radius 1 is 1.32 bits per heavy atom. The van der Waals surface area contributed by atoms with Gasteiger partial charge in [0.25, 0.3) is 5.56 Å². The van der Waals surface area contributed by atoms with E-state index in [-0.39, 0.29) is 11.2 Å². The minimum absolute atomic E-state index is 0.105. The summed E-state index contributed by atoms with van der Waals surface area (Å²) < 4.78 is 17.6. The minimum atomic E-state index is -2.36. The van der Waals surface area contributed by atoms with Gasteiger partial charge in [-0.3, -0.25) is 19.1 Å². The van der Waals surface area contributed by atoms with E-state index in [0.717, 1.165) is 5.69 Å². The number of rotatable bonds is 2. The van der Waals surface area contributed by atoms with Gasteiger partial charge < -0.3 is 15.6 Å². The summed E-state index contributed by atoms with van der Waals surface area (Å²) in [4.78, 5) is 17.6. The number of anilines is 3. The molecule has 8 nitrogen and oxygen atoms in total. The van der Waals surface area contributed by atoms with E-state index >= 15 is 0 Å². The topological polar surface area (TPSA) is 150 Å². The van der Waals surface area contributed by atoms with Gasteiger partial charge in [-0.15, -0.1) is 0 Å². The Hall–Kier alpha value is -2.23. The molecule has 1 unspecified atom stereocenters. The number of hydrogen-bond acceptors (Lipinski definition) is 6. The number of aromatic nitrogens is 2. The van der Waals surface area contributed by atoms with E-state index in [1.165, 1.54) is 6.20 Å². The molecule has 0 bridgehead atoms. The fourth-order valence-corrected chi connectivity index (χ4v) is 1.13. The smallest absolute Gasteiger partial charge is 0.275 e. The monoisotopic (exact) mass is 282 g/mol. The third-order valence-electron chi connectivity index (χ3n) is 1.86. The van der Waals surface area contributed by atoms with Gasteiger partial charge in [-0.1, -0.05) is 18.2 Å². The Morgan fingerprint density at radius 2 is 1.89 bits per heavy atom. The van der Waals surface area contributed by atoms with Crippen LogP contribution in [0.4, 0.5) is 17.3 Å². The lowest BCUT2D eigenvalue weighted by Gasteiger charge is -2.04. The van der Waals surface area contributed by atoms with Crippen LogP contribution in [0.15, 0.2) is 41.3 Å². The highest BCUT2D eigenvalue weighted by molar-refractivity contribution is 7.76. The fourth-order valence-electron chi connectivity index (χ4n) is 1.13. The van der Waals surface area contributed by atoms with E-state index in [0.29, 0.717) is 5.95 Å². The summed E-state index contributed by atoms with van der Waals surface area (Å²) in [6, 6.07) is 9.42. The predicted molar refractivity (Wildman–Crippen MR) is 72.1 cm³/mol.